The molecule has 104 valence electrons. The lowest BCUT2D eigenvalue weighted by molar-refractivity contribution is -0.135. The predicted molar refractivity (Wildman–Crippen MR) is 70.1 cm³/mol. The summed E-state index contributed by atoms with van der Waals surface area (Å²) in [7, 11) is 0. The van der Waals surface area contributed by atoms with E-state index >= 15 is 0 Å². The van der Waals surface area contributed by atoms with Gasteiger partial charge in [0.25, 0.3) is 0 Å². The summed E-state index contributed by atoms with van der Waals surface area (Å²) in [5.74, 6) is -1.20. The third-order valence-corrected chi connectivity index (χ3v) is 3.70. The van der Waals surface area contributed by atoms with Crippen LogP contribution in [0.4, 0.5) is 0 Å². The second kappa shape index (κ2) is 5.09. The molecule has 0 aromatic heterocycles. The van der Waals surface area contributed by atoms with Crippen LogP contribution in [0.2, 0.25) is 0 Å². The van der Waals surface area contributed by atoms with Crippen molar-refractivity contribution < 1.29 is 19.5 Å². The van der Waals surface area contributed by atoms with Gasteiger partial charge in [-0.05, 0) is 40.5 Å². The number of rotatable bonds is 4. The summed E-state index contributed by atoms with van der Waals surface area (Å²) in [6.07, 6.45) is 0.164. The van der Waals surface area contributed by atoms with E-state index in [0.717, 1.165) is 0 Å². The highest BCUT2D eigenvalue weighted by molar-refractivity contribution is 6.24. The van der Waals surface area contributed by atoms with Gasteiger partial charge in [0.15, 0.2) is 11.6 Å². The van der Waals surface area contributed by atoms with Gasteiger partial charge in [0, 0.05) is 22.3 Å². The molecule has 1 aliphatic carbocycles. The number of nitrogens with two attached hydrogens (primary N) is 1. The molecule has 0 aromatic carbocycles. The molecule has 0 saturated carbocycles. The van der Waals surface area contributed by atoms with Gasteiger partial charge < -0.3 is 10.8 Å². The fourth-order valence-electron chi connectivity index (χ4n) is 1.95. The molecule has 3 N–H and O–H groups in total. The first kappa shape index (κ1) is 15.3. The maximum absolute atomic E-state index is 12.1. The van der Waals surface area contributed by atoms with E-state index in [2.05, 4.69) is 0 Å². The number of allylic oxidation sites excluding steroid dienone is 4. The molecule has 0 bridgehead atoms. The molecular formula is C14H19NO4. The third-order valence-electron chi connectivity index (χ3n) is 3.70. The van der Waals surface area contributed by atoms with Crippen molar-refractivity contribution in [1.82, 2.24) is 0 Å². The van der Waals surface area contributed by atoms with Gasteiger partial charge in [-0.2, -0.15) is 0 Å². The lowest BCUT2D eigenvalue weighted by atomic mass is 9.82. The molecule has 1 atom stereocenters. The Bertz CT molecular complexity index is 524. The van der Waals surface area contributed by atoms with Crippen LogP contribution in [-0.2, 0) is 14.4 Å². The first-order valence-corrected chi connectivity index (χ1v) is 6.08. The number of carbonyl (C=O) groups excluding carboxylic acids is 3. The van der Waals surface area contributed by atoms with Gasteiger partial charge in [-0.25, -0.2) is 0 Å². The molecule has 1 rings (SSSR count). The quantitative estimate of drug-likeness (QED) is 0.735. The van der Waals surface area contributed by atoms with Crippen molar-refractivity contribution in [3.8, 4) is 0 Å². The summed E-state index contributed by atoms with van der Waals surface area (Å²) < 4.78 is 0. The van der Waals surface area contributed by atoms with Crippen molar-refractivity contribution in [1.29, 1.82) is 0 Å². The molecule has 0 spiro atoms. The van der Waals surface area contributed by atoms with Gasteiger partial charge >= 0.3 is 0 Å². The number of primary amides is 1. The topological polar surface area (TPSA) is 97.5 Å². The van der Waals surface area contributed by atoms with Crippen molar-refractivity contribution in [2.75, 3.05) is 0 Å². The SMILES string of the molecule is CC1=C(C)C(=O)C(CCC(C)(O)C(N)=O)=C(C)C1=O. The molecular weight excluding hydrogens is 246 g/mol. The zero-order valence-corrected chi connectivity index (χ0v) is 11.7. The number of ketones is 2. The van der Waals surface area contributed by atoms with Crippen molar-refractivity contribution >= 4 is 17.5 Å². The second-order valence-corrected chi connectivity index (χ2v) is 5.15. The largest absolute Gasteiger partial charge is 0.380 e. The summed E-state index contributed by atoms with van der Waals surface area (Å²) in [5.41, 5.74) is 5.00. The van der Waals surface area contributed by atoms with Gasteiger partial charge in [-0.1, -0.05) is 0 Å². The zero-order chi connectivity index (χ0) is 15.0. The van der Waals surface area contributed by atoms with Crippen molar-refractivity contribution in [3.63, 3.8) is 0 Å². The van der Waals surface area contributed by atoms with E-state index in [4.69, 9.17) is 5.73 Å². The Morgan fingerprint density at radius 1 is 1.11 bits per heavy atom. The van der Waals surface area contributed by atoms with E-state index in [1.807, 2.05) is 0 Å². The summed E-state index contributed by atoms with van der Waals surface area (Å²) in [5, 5.41) is 9.77. The minimum atomic E-state index is -1.68. The first-order valence-electron chi connectivity index (χ1n) is 6.08. The van der Waals surface area contributed by atoms with E-state index in [9.17, 15) is 19.5 Å². The lowest BCUT2D eigenvalue weighted by Crippen LogP contribution is -2.41. The Hall–Kier alpha value is -1.75. The van der Waals surface area contributed by atoms with Gasteiger partial charge in [-0.15, -0.1) is 0 Å². The van der Waals surface area contributed by atoms with E-state index in [-0.39, 0.29) is 24.4 Å². The lowest BCUT2D eigenvalue weighted by Gasteiger charge is -2.22. The van der Waals surface area contributed by atoms with Gasteiger partial charge in [-0.3, -0.25) is 14.4 Å². The summed E-state index contributed by atoms with van der Waals surface area (Å²) in [6.45, 7) is 6.11. The molecule has 0 aliphatic heterocycles. The zero-order valence-electron chi connectivity index (χ0n) is 11.7. The molecule has 5 heteroatoms. The summed E-state index contributed by atoms with van der Waals surface area (Å²) in [4.78, 5) is 35.1. The molecule has 0 radical (unpaired) electrons. The Kier molecular flexibility index (Phi) is 4.10. The third kappa shape index (κ3) is 2.81. The number of amides is 1. The average Bonchev–Trinajstić information content (AvgIpc) is 2.33. The van der Waals surface area contributed by atoms with Gasteiger partial charge in [0.1, 0.15) is 5.60 Å². The van der Waals surface area contributed by atoms with Crippen LogP contribution in [0.25, 0.3) is 0 Å². The normalized spacial score (nSPS) is 19.8. The van der Waals surface area contributed by atoms with Crippen LogP contribution in [0.5, 0.6) is 0 Å². The molecule has 1 unspecified atom stereocenters. The average molecular weight is 265 g/mol. The summed E-state index contributed by atoms with van der Waals surface area (Å²) >= 11 is 0. The molecule has 0 saturated heterocycles. The van der Waals surface area contributed by atoms with Crippen LogP contribution in [-0.4, -0.2) is 28.2 Å². The number of aliphatic hydroxyl groups is 1. The van der Waals surface area contributed by atoms with E-state index < -0.39 is 11.5 Å². The molecule has 0 fully saturated rings. The van der Waals surface area contributed by atoms with Crippen LogP contribution in [0.15, 0.2) is 22.3 Å². The van der Waals surface area contributed by atoms with E-state index in [1.165, 1.54) is 6.92 Å². The maximum Gasteiger partial charge on any atom is 0.249 e. The number of Topliss-reactive ketones (excluding diaryl/α,β-unsaturated/α-hetero) is 2. The van der Waals surface area contributed by atoms with Crippen molar-refractivity contribution in [3.05, 3.63) is 22.3 Å². The van der Waals surface area contributed by atoms with E-state index in [1.54, 1.807) is 20.8 Å². The Morgan fingerprint density at radius 3 is 2.05 bits per heavy atom. The highest BCUT2D eigenvalue weighted by Gasteiger charge is 2.32. The molecule has 0 heterocycles. The van der Waals surface area contributed by atoms with Crippen LogP contribution >= 0.6 is 0 Å². The second-order valence-electron chi connectivity index (χ2n) is 5.15. The standard InChI is InChI=1S/C14H19NO4/c1-7-8(2)12(17)10(9(3)11(7)16)5-6-14(4,19)13(15)18/h19H,5-6H2,1-4H3,(H2,15,18). The predicted octanol–water partition coefficient (Wildman–Crippen LogP) is 0.808. The Morgan fingerprint density at radius 2 is 1.58 bits per heavy atom. The number of hydrogen-bond donors (Lipinski definition) is 2. The Labute approximate surface area is 112 Å². The summed E-state index contributed by atoms with van der Waals surface area (Å²) in [6, 6.07) is 0. The molecule has 19 heavy (non-hydrogen) atoms. The van der Waals surface area contributed by atoms with Crippen molar-refractivity contribution in [2.24, 2.45) is 5.73 Å². The molecule has 5 nitrogen and oxygen atoms in total. The Balaban J connectivity index is 2.99. The molecule has 1 aliphatic rings. The molecule has 0 aromatic rings. The van der Waals surface area contributed by atoms with Crippen LogP contribution < -0.4 is 5.73 Å². The number of hydrogen-bond acceptors (Lipinski definition) is 4. The van der Waals surface area contributed by atoms with Gasteiger partial charge in [0.2, 0.25) is 5.91 Å². The van der Waals surface area contributed by atoms with Crippen LogP contribution in [0.3, 0.4) is 0 Å². The molecule has 1 amide bonds. The minimum Gasteiger partial charge on any atom is -0.380 e. The fraction of sp³-hybridized carbons (Fsp3) is 0.500. The van der Waals surface area contributed by atoms with E-state index in [0.29, 0.717) is 22.3 Å². The van der Waals surface area contributed by atoms with Crippen LogP contribution in [0, 0.1) is 0 Å². The van der Waals surface area contributed by atoms with Crippen molar-refractivity contribution in [2.45, 2.75) is 46.1 Å². The number of carbonyl (C=O) groups is 3. The minimum absolute atomic E-state index is 0.0142. The highest BCUT2D eigenvalue weighted by Crippen LogP contribution is 2.28. The maximum atomic E-state index is 12.1. The van der Waals surface area contributed by atoms with Gasteiger partial charge in [0.05, 0.1) is 0 Å². The van der Waals surface area contributed by atoms with Crippen LogP contribution in [0.1, 0.15) is 40.5 Å². The first-order chi connectivity index (χ1) is 8.59. The fourth-order valence-corrected chi connectivity index (χ4v) is 1.95. The monoisotopic (exact) mass is 265 g/mol. The smallest absolute Gasteiger partial charge is 0.249 e. The highest BCUT2D eigenvalue weighted by atomic mass is 16.3.